The molecule has 3 aromatic carbocycles. The number of rotatable bonds is 7. The lowest BCUT2D eigenvalue weighted by Crippen LogP contribution is -2.38. The highest BCUT2D eigenvalue weighted by Gasteiger charge is 2.28. The van der Waals surface area contributed by atoms with E-state index < -0.39 is 22.5 Å². The molecule has 0 fully saturated rings. The zero-order valence-corrected chi connectivity index (χ0v) is 18.2. The van der Waals surface area contributed by atoms with Crippen LogP contribution in [-0.4, -0.2) is 28.0 Å². The number of anilines is 2. The van der Waals surface area contributed by atoms with Crippen LogP contribution in [-0.2, 0) is 14.8 Å². The van der Waals surface area contributed by atoms with Crippen molar-refractivity contribution in [1.82, 2.24) is 0 Å². The second-order valence-corrected chi connectivity index (χ2v) is 8.94. The van der Waals surface area contributed by atoms with E-state index >= 15 is 0 Å². The fourth-order valence-electron chi connectivity index (χ4n) is 2.79. The molecule has 0 radical (unpaired) electrons. The summed E-state index contributed by atoms with van der Waals surface area (Å²) in [6, 6.07) is 19.0. The Balaban J connectivity index is 1.98. The second-order valence-electron chi connectivity index (χ2n) is 6.20. The molecule has 0 saturated heterocycles. The molecule has 0 bridgehead atoms. The molecule has 0 aliphatic rings. The molecule has 156 valence electrons. The van der Waals surface area contributed by atoms with Crippen LogP contribution in [0.3, 0.4) is 0 Å². The first-order valence-corrected chi connectivity index (χ1v) is 11.0. The van der Waals surface area contributed by atoms with E-state index in [0.29, 0.717) is 11.4 Å². The number of methoxy groups -OCH3 is 1. The lowest BCUT2D eigenvalue weighted by atomic mass is 10.3. The Morgan fingerprint density at radius 1 is 0.967 bits per heavy atom. The Morgan fingerprint density at radius 2 is 1.57 bits per heavy atom. The molecule has 0 atom stereocenters. The summed E-state index contributed by atoms with van der Waals surface area (Å²) in [5.41, 5.74) is 0.595. The molecule has 0 aliphatic heterocycles. The Kier molecular flexibility index (Phi) is 6.87. The van der Waals surface area contributed by atoms with E-state index in [-0.39, 0.29) is 20.6 Å². The summed E-state index contributed by atoms with van der Waals surface area (Å²) in [6.07, 6.45) is 0. The molecule has 1 N–H and O–H groups in total. The highest BCUT2D eigenvalue weighted by Crippen LogP contribution is 2.30. The molecule has 30 heavy (non-hydrogen) atoms. The van der Waals surface area contributed by atoms with Crippen molar-refractivity contribution in [2.24, 2.45) is 0 Å². The van der Waals surface area contributed by atoms with Gasteiger partial charge in [0.25, 0.3) is 10.0 Å². The number of amides is 1. The molecular formula is C21H18Cl2N2O4S. The summed E-state index contributed by atoms with van der Waals surface area (Å²) in [5.74, 6) is -0.107. The van der Waals surface area contributed by atoms with Crippen LogP contribution in [0.4, 0.5) is 11.4 Å². The largest absolute Gasteiger partial charge is 0.495 e. The highest BCUT2D eigenvalue weighted by atomic mass is 35.5. The van der Waals surface area contributed by atoms with Crippen molar-refractivity contribution in [3.63, 3.8) is 0 Å². The van der Waals surface area contributed by atoms with Crippen LogP contribution in [0.25, 0.3) is 0 Å². The Morgan fingerprint density at radius 3 is 2.20 bits per heavy atom. The first kappa shape index (κ1) is 22.0. The van der Waals surface area contributed by atoms with E-state index in [1.807, 2.05) is 0 Å². The first-order valence-electron chi connectivity index (χ1n) is 8.78. The van der Waals surface area contributed by atoms with Crippen molar-refractivity contribution in [3.05, 3.63) is 82.8 Å². The molecule has 0 saturated carbocycles. The van der Waals surface area contributed by atoms with Crippen molar-refractivity contribution < 1.29 is 17.9 Å². The average Bonchev–Trinajstić information content (AvgIpc) is 2.72. The van der Waals surface area contributed by atoms with Gasteiger partial charge in [-0.1, -0.05) is 53.5 Å². The summed E-state index contributed by atoms with van der Waals surface area (Å²) in [4.78, 5) is 12.8. The van der Waals surface area contributed by atoms with Gasteiger partial charge in [0.15, 0.2) is 0 Å². The number of nitrogens with zero attached hydrogens (tertiary/aromatic N) is 1. The van der Waals surface area contributed by atoms with Crippen molar-refractivity contribution in [2.45, 2.75) is 4.90 Å². The van der Waals surface area contributed by atoms with Gasteiger partial charge in [-0.15, -0.1) is 0 Å². The number of benzene rings is 3. The van der Waals surface area contributed by atoms with E-state index in [1.165, 1.54) is 37.4 Å². The number of carbonyl (C=O) groups is 1. The molecule has 1 amide bonds. The van der Waals surface area contributed by atoms with Crippen molar-refractivity contribution >= 4 is 50.5 Å². The zero-order valence-electron chi connectivity index (χ0n) is 15.9. The lowest BCUT2D eigenvalue weighted by Gasteiger charge is -2.24. The summed E-state index contributed by atoms with van der Waals surface area (Å²) in [5, 5.41) is 3.17. The Hall–Kier alpha value is -2.74. The van der Waals surface area contributed by atoms with Crippen molar-refractivity contribution in [3.8, 4) is 5.75 Å². The topological polar surface area (TPSA) is 75.7 Å². The molecule has 6 nitrogen and oxygen atoms in total. The minimum atomic E-state index is -4.07. The lowest BCUT2D eigenvalue weighted by molar-refractivity contribution is -0.114. The summed E-state index contributed by atoms with van der Waals surface area (Å²) < 4.78 is 32.8. The SMILES string of the molecule is COc1ccccc1NC(=O)CN(c1cc(Cl)cc(Cl)c1)S(=O)(=O)c1ccccc1. The van der Waals surface area contributed by atoms with Crippen molar-refractivity contribution in [2.75, 3.05) is 23.3 Å². The maximum atomic E-state index is 13.3. The highest BCUT2D eigenvalue weighted by molar-refractivity contribution is 7.92. The minimum absolute atomic E-state index is 0.0335. The van der Waals surface area contributed by atoms with E-state index in [2.05, 4.69) is 5.32 Å². The maximum Gasteiger partial charge on any atom is 0.264 e. The number of halogens is 2. The van der Waals surface area contributed by atoms with Crippen LogP contribution >= 0.6 is 23.2 Å². The molecule has 0 aliphatic carbocycles. The molecule has 3 aromatic rings. The van der Waals surface area contributed by atoms with Gasteiger partial charge in [-0.3, -0.25) is 9.10 Å². The first-order chi connectivity index (χ1) is 14.3. The van der Waals surface area contributed by atoms with E-state index in [1.54, 1.807) is 42.5 Å². The normalized spacial score (nSPS) is 11.0. The minimum Gasteiger partial charge on any atom is -0.495 e. The van der Waals surface area contributed by atoms with Crippen LogP contribution in [0, 0.1) is 0 Å². The van der Waals surface area contributed by atoms with E-state index in [9.17, 15) is 13.2 Å². The monoisotopic (exact) mass is 464 g/mol. The van der Waals surface area contributed by atoms with Gasteiger partial charge >= 0.3 is 0 Å². The number of para-hydroxylation sites is 2. The van der Waals surface area contributed by atoms with Gasteiger partial charge in [0, 0.05) is 10.0 Å². The molecule has 3 rings (SSSR count). The van der Waals surface area contributed by atoms with Gasteiger partial charge in [-0.05, 0) is 42.5 Å². The van der Waals surface area contributed by atoms with Crippen LogP contribution in [0.1, 0.15) is 0 Å². The third-order valence-electron chi connectivity index (χ3n) is 4.13. The van der Waals surface area contributed by atoms with Gasteiger partial charge in [-0.25, -0.2) is 8.42 Å². The predicted molar refractivity (Wildman–Crippen MR) is 119 cm³/mol. The molecular weight excluding hydrogens is 447 g/mol. The standard InChI is InChI=1S/C21H18Cl2N2O4S/c1-29-20-10-6-5-9-19(20)24-21(26)14-25(17-12-15(22)11-16(23)13-17)30(27,28)18-7-3-2-4-8-18/h2-13H,14H2,1H3,(H,24,26). The maximum absolute atomic E-state index is 13.3. The molecule has 9 heteroatoms. The smallest absolute Gasteiger partial charge is 0.264 e. The summed E-state index contributed by atoms with van der Waals surface area (Å²) >= 11 is 12.1. The fraction of sp³-hybridized carbons (Fsp3) is 0.0952. The number of hydrogen-bond donors (Lipinski definition) is 1. The predicted octanol–water partition coefficient (Wildman–Crippen LogP) is 4.84. The van der Waals surface area contributed by atoms with Gasteiger partial charge in [0.05, 0.1) is 23.4 Å². The van der Waals surface area contributed by atoms with Gasteiger partial charge in [0.2, 0.25) is 5.91 Å². The summed E-state index contributed by atoms with van der Waals surface area (Å²) in [7, 11) is -2.59. The van der Waals surface area contributed by atoms with Gasteiger partial charge in [-0.2, -0.15) is 0 Å². The summed E-state index contributed by atoms with van der Waals surface area (Å²) in [6.45, 7) is -0.494. The average molecular weight is 465 g/mol. The Bertz CT molecular complexity index is 1130. The molecule has 0 unspecified atom stereocenters. The Labute approximate surface area is 185 Å². The van der Waals surface area contributed by atoms with E-state index in [0.717, 1.165) is 4.31 Å². The van der Waals surface area contributed by atoms with Crippen LogP contribution in [0.5, 0.6) is 5.75 Å². The second kappa shape index (κ2) is 9.38. The number of ether oxygens (including phenoxy) is 1. The zero-order chi connectivity index (χ0) is 21.7. The fourth-order valence-corrected chi connectivity index (χ4v) is 4.73. The third-order valence-corrected chi connectivity index (χ3v) is 6.36. The van der Waals surface area contributed by atoms with Crippen LogP contribution in [0.2, 0.25) is 10.0 Å². The van der Waals surface area contributed by atoms with Crippen molar-refractivity contribution in [1.29, 1.82) is 0 Å². The third kappa shape index (κ3) is 5.05. The molecule has 0 spiro atoms. The number of nitrogens with one attached hydrogen (secondary N) is 1. The molecule has 0 aromatic heterocycles. The van der Waals surface area contributed by atoms with Gasteiger partial charge < -0.3 is 10.1 Å². The number of hydrogen-bond acceptors (Lipinski definition) is 4. The van der Waals surface area contributed by atoms with Crippen LogP contribution in [0.15, 0.2) is 77.7 Å². The van der Waals surface area contributed by atoms with Crippen LogP contribution < -0.4 is 14.4 Å². The number of sulfonamides is 1. The quantitative estimate of drug-likeness (QED) is 0.542. The molecule has 0 heterocycles. The number of carbonyl (C=O) groups excluding carboxylic acids is 1. The van der Waals surface area contributed by atoms with Gasteiger partial charge in [0.1, 0.15) is 12.3 Å². The van der Waals surface area contributed by atoms with E-state index in [4.69, 9.17) is 27.9 Å².